The molecule has 2 aromatic rings. The lowest BCUT2D eigenvalue weighted by Crippen LogP contribution is -2.35. The van der Waals surface area contributed by atoms with Crippen LogP contribution in [0.25, 0.3) is 0 Å². The van der Waals surface area contributed by atoms with Crippen LogP contribution in [0, 0.1) is 0 Å². The fraction of sp³-hybridized carbons (Fsp3) is 0.300. The third-order valence-electron chi connectivity index (χ3n) is 5.03. The van der Waals surface area contributed by atoms with E-state index in [4.69, 9.17) is 16.3 Å². The van der Waals surface area contributed by atoms with Crippen LogP contribution in [-0.2, 0) is 10.0 Å². The molecule has 0 radical (unpaired) electrons. The zero-order valence-corrected chi connectivity index (χ0v) is 17.4. The SMILES string of the molecule is COc1ccc(NC(=O)c2cc3c(cc2Cl)N2CCCCCC2=NS3(=O)=O)cc1. The largest absolute Gasteiger partial charge is 0.497 e. The predicted molar refractivity (Wildman–Crippen MR) is 113 cm³/mol. The highest BCUT2D eigenvalue weighted by Crippen LogP contribution is 2.38. The molecule has 0 aromatic heterocycles. The molecule has 152 valence electrons. The van der Waals surface area contributed by atoms with E-state index >= 15 is 0 Å². The van der Waals surface area contributed by atoms with Gasteiger partial charge in [-0.05, 0) is 49.2 Å². The number of carbonyl (C=O) groups is 1. The first-order chi connectivity index (χ1) is 13.9. The molecule has 0 spiro atoms. The lowest BCUT2D eigenvalue weighted by Gasteiger charge is -2.30. The molecule has 0 atom stereocenters. The summed E-state index contributed by atoms with van der Waals surface area (Å²) in [5, 5.41) is 2.92. The Morgan fingerprint density at radius 3 is 2.66 bits per heavy atom. The first kappa shape index (κ1) is 19.7. The smallest absolute Gasteiger partial charge is 0.286 e. The van der Waals surface area contributed by atoms with E-state index in [2.05, 4.69) is 9.71 Å². The molecule has 1 fully saturated rings. The summed E-state index contributed by atoms with van der Waals surface area (Å²) in [6, 6.07) is 9.67. The minimum absolute atomic E-state index is 0.00688. The lowest BCUT2D eigenvalue weighted by molar-refractivity contribution is 0.102. The zero-order valence-electron chi connectivity index (χ0n) is 15.8. The van der Waals surface area contributed by atoms with Crippen LogP contribution in [-0.4, -0.2) is 33.8 Å². The maximum absolute atomic E-state index is 12.8. The fourth-order valence-corrected chi connectivity index (χ4v) is 5.05. The van der Waals surface area contributed by atoms with Crippen molar-refractivity contribution in [1.29, 1.82) is 0 Å². The summed E-state index contributed by atoms with van der Waals surface area (Å²) < 4.78 is 34.6. The first-order valence-corrected chi connectivity index (χ1v) is 11.1. The van der Waals surface area contributed by atoms with Gasteiger partial charge in [-0.15, -0.1) is 4.40 Å². The van der Waals surface area contributed by atoms with Crippen molar-refractivity contribution in [2.24, 2.45) is 4.40 Å². The maximum atomic E-state index is 12.8. The van der Waals surface area contributed by atoms with Gasteiger partial charge >= 0.3 is 0 Å². The number of amides is 1. The van der Waals surface area contributed by atoms with Gasteiger partial charge in [0.05, 0.1) is 23.4 Å². The van der Waals surface area contributed by atoms with Crippen molar-refractivity contribution in [3.63, 3.8) is 0 Å². The maximum Gasteiger partial charge on any atom is 0.286 e. The first-order valence-electron chi connectivity index (χ1n) is 9.29. The Kier molecular flexibility index (Phi) is 5.23. The Labute approximate surface area is 174 Å². The highest BCUT2D eigenvalue weighted by Gasteiger charge is 2.33. The van der Waals surface area contributed by atoms with Gasteiger partial charge in [0.15, 0.2) is 0 Å². The molecule has 1 amide bonds. The minimum atomic E-state index is -3.89. The molecule has 0 bridgehead atoms. The van der Waals surface area contributed by atoms with Crippen LogP contribution in [0.2, 0.25) is 5.02 Å². The summed E-state index contributed by atoms with van der Waals surface area (Å²) in [6.07, 6.45) is 3.46. The molecule has 1 N–H and O–H groups in total. The van der Waals surface area contributed by atoms with Gasteiger partial charge in [0.2, 0.25) is 0 Å². The number of anilines is 2. The zero-order chi connectivity index (χ0) is 20.6. The molecule has 2 heterocycles. The number of halogens is 1. The van der Waals surface area contributed by atoms with Gasteiger partial charge in [-0.1, -0.05) is 18.0 Å². The summed E-state index contributed by atoms with van der Waals surface area (Å²) >= 11 is 6.39. The highest BCUT2D eigenvalue weighted by atomic mass is 35.5. The molecule has 0 aliphatic carbocycles. The number of fused-ring (bicyclic) bond motifs is 3. The van der Waals surface area contributed by atoms with Crippen LogP contribution in [0.4, 0.5) is 11.4 Å². The van der Waals surface area contributed by atoms with Gasteiger partial charge in [-0.25, -0.2) is 0 Å². The van der Waals surface area contributed by atoms with Crippen molar-refractivity contribution in [3.05, 3.63) is 47.0 Å². The summed E-state index contributed by atoms with van der Waals surface area (Å²) in [7, 11) is -2.34. The monoisotopic (exact) mass is 433 g/mol. The summed E-state index contributed by atoms with van der Waals surface area (Å²) in [6.45, 7) is 0.676. The number of benzene rings is 2. The number of hydrogen-bond donors (Lipinski definition) is 1. The number of nitrogens with one attached hydrogen (secondary N) is 1. The molecular formula is C20H20ClN3O4S. The van der Waals surface area contributed by atoms with E-state index in [1.54, 1.807) is 37.4 Å². The topological polar surface area (TPSA) is 88.1 Å². The van der Waals surface area contributed by atoms with E-state index in [9.17, 15) is 13.2 Å². The van der Waals surface area contributed by atoms with Gasteiger partial charge in [0.25, 0.3) is 15.9 Å². The highest BCUT2D eigenvalue weighted by molar-refractivity contribution is 7.90. The van der Waals surface area contributed by atoms with Crippen LogP contribution >= 0.6 is 11.6 Å². The number of methoxy groups -OCH3 is 1. The molecule has 9 heteroatoms. The van der Waals surface area contributed by atoms with Gasteiger partial charge in [-0.2, -0.15) is 8.42 Å². The van der Waals surface area contributed by atoms with Crippen molar-refractivity contribution in [1.82, 2.24) is 0 Å². The van der Waals surface area contributed by atoms with Crippen molar-refractivity contribution in [2.75, 3.05) is 23.9 Å². The summed E-state index contributed by atoms with van der Waals surface area (Å²) in [5.74, 6) is 0.706. The molecular weight excluding hydrogens is 414 g/mol. The third-order valence-corrected chi connectivity index (χ3v) is 6.68. The second-order valence-electron chi connectivity index (χ2n) is 6.93. The summed E-state index contributed by atoms with van der Waals surface area (Å²) in [5.41, 5.74) is 1.11. The number of nitrogens with zero attached hydrogens (tertiary/aromatic N) is 2. The van der Waals surface area contributed by atoms with Crippen LogP contribution < -0.4 is 15.0 Å². The average Bonchev–Trinajstić information content (AvgIpc) is 2.93. The van der Waals surface area contributed by atoms with E-state index in [0.717, 1.165) is 19.3 Å². The Morgan fingerprint density at radius 2 is 1.93 bits per heavy atom. The van der Waals surface area contributed by atoms with Gasteiger partial charge in [-0.3, -0.25) is 4.79 Å². The number of ether oxygens (including phenoxy) is 1. The summed E-state index contributed by atoms with van der Waals surface area (Å²) in [4.78, 5) is 14.7. The van der Waals surface area contributed by atoms with E-state index in [0.29, 0.717) is 35.9 Å². The Bertz CT molecular complexity index is 1100. The van der Waals surface area contributed by atoms with Gasteiger partial charge < -0.3 is 15.0 Å². The van der Waals surface area contributed by atoms with Crippen LogP contribution in [0.3, 0.4) is 0 Å². The molecule has 2 aliphatic rings. The van der Waals surface area contributed by atoms with Crippen LogP contribution in [0.15, 0.2) is 45.7 Å². The Hall–Kier alpha value is -2.58. The molecule has 0 unspecified atom stereocenters. The van der Waals surface area contributed by atoms with E-state index in [1.807, 2.05) is 4.90 Å². The molecule has 29 heavy (non-hydrogen) atoms. The molecule has 0 saturated carbocycles. The molecule has 2 aromatic carbocycles. The van der Waals surface area contributed by atoms with E-state index < -0.39 is 15.9 Å². The van der Waals surface area contributed by atoms with Crippen molar-refractivity contribution in [2.45, 2.75) is 30.6 Å². The normalized spacial score (nSPS) is 17.4. The number of sulfonamides is 1. The second-order valence-corrected chi connectivity index (χ2v) is 8.91. The molecule has 2 aliphatic heterocycles. The number of carbonyl (C=O) groups excluding carboxylic acids is 1. The molecule has 7 nitrogen and oxygen atoms in total. The van der Waals surface area contributed by atoms with Crippen LogP contribution in [0.1, 0.15) is 36.0 Å². The van der Waals surface area contributed by atoms with Crippen molar-refractivity contribution < 1.29 is 17.9 Å². The minimum Gasteiger partial charge on any atom is -0.497 e. The average molecular weight is 434 g/mol. The Morgan fingerprint density at radius 1 is 1.17 bits per heavy atom. The van der Waals surface area contributed by atoms with Crippen LogP contribution in [0.5, 0.6) is 5.75 Å². The second kappa shape index (κ2) is 7.68. The van der Waals surface area contributed by atoms with E-state index in [1.165, 1.54) is 6.07 Å². The van der Waals surface area contributed by atoms with Gasteiger partial charge in [0, 0.05) is 18.7 Å². The third kappa shape index (κ3) is 3.82. The lowest BCUT2D eigenvalue weighted by atomic mass is 10.1. The quantitative estimate of drug-likeness (QED) is 0.787. The molecule has 4 rings (SSSR count). The van der Waals surface area contributed by atoms with Crippen molar-refractivity contribution in [3.8, 4) is 5.75 Å². The van der Waals surface area contributed by atoms with Crippen molar-refractivity contribution >= 4 is 44.7 Å². The predicted octanol–water partition coefficient (Wildman–Crippen LogP) is 4.08. The standard InChI is InChI=1S/C20H20ClN3O4S/c1-28-14-8-6-13(7-9-14)22-20(25)15-11-18-17(12-16(15)21)24-10-4-2-3-5-19(24)23-29(18,26)27/h6-9,11-12H,2-5,10H2,1H3,(H,22,25). The molecule has 1 saturated heterocycles. The Balaban J connectivity index is 1.70. The number of rotatable bonds is 3. The van der Waals surface area contributed by atoms with E-state index in [-0.39, 0.29) is 15.5 Å². The fourth-order valence-electron chi connectivity index (χ4n) is 3.54. The number of hydrogen-bond acceptors (Lipinski definition) is 5. The number of amidine groups is 1. The van der Waals surface area contributed by atoms with Gasteiger partial charge in [0.1, 0.15) is 16.5 Å².